The first-order chi connectivity index (χ1) is 8.50. The molecule has 2 N–H and O–H groups in total. The third-order valence-electron chi connectivity index (χ3n) is 3.24. The molecule has 0 aliphatic carbocycles. The number of carbonyl (C=O) groups is 2. The first-order valence-electron chi connectivity index (χ1n) is 6.80. The molecule has 5 heteroatoms. The molecule has 1 atom stereocenters. The molecule has 0 aromatic rings. The second-order valence-electron chi connectivity index (χ2n) is 7.32. The van der Waals surface area contributed by atoms with Gasteiger partial charge in [0.05, 0.1) is 5.92 Å². The Labute approximate surface area is 115 Å². The first-order valence-corrected chi connectivity index (χ1v) is 6.80. The van der Waals surface area contributed by atoms with Crippen molar-refractivity contribution in [2.24, 2.45) is 11.3 Å². The van der Waals surface area contributed by atoms with Crippen molar-refractivity contribution in [1.29, 1.82) is 0 Å². The predicted molar refractivity (Wildman–Crippen MR) is 74.0 cm³/mol. The molecule has 5 nitrogen and oxygen atoms in total. The van der Waals surface area contributed by atoms with Gasteiger partial charge in [-0.05, 0) is 32.1 Å². The standard InChI is InChI=1S/C14H26N2O3/c1-13(2,3)9-14(4,5)15-12(19)16-7-6-10(8-16)11(17)18/h10H,6-9H2,1-5H3,(H,15,19)(H,17,18). The van der Waals surface area contributed by atoms with Gasteiger partial charge in [0.25, 0.3) is 0 Å². The second kappa shape index (κ2) is 5.39. The Morgan fingerprint density at radius 2 is 1.84 bits per heavy atom. The summed E-state index contributed by atoms with van der Waals surface area (Å²) in [6.07, 6.45) is 1.41. The van der Waals surface area contributed by atoms with E-state index in [1.165, 1.54) is 0 Å². The molecule has 1 heterocycles. The number of nitrogens with one attached hydrogen (secondary N) is 1. The van der Waals surface area contributed by atoms with Crippen molar-refractivity contribution in [1.82, 2.24) is 10.2 Å². The Morgan fingerprint density at radius 1 is 1.26 bits per heavy atom. The van der Waals surface area contributed by atoms with E-state index in [-0.39, 0.29) is 17.0 Å². The van der Waals surface area contributed by atoms with Crippen molar-refractivity contribution in [3.05, 3.63) is 0 Å². The third-order valence-corrected chi connectivity index (χ3v) is 3.24. The highest BCUT2D eigenvalue weighted by Crippen LogP contribution is 2.27. The van der Waals surface area contributed by atoms with E-state index in [1.54, 1.807) is 4.90 Å². The van der Waals surface area contributed by atoms with Crippen molar-refractivity contribution in [2.45, 2.75) is 53.0 Å². The summed E-state index contributed by atoms with van der Waals surface area (Å²) in [5, 5.41) is 11.9. The van der Waals surface area contributed by atoms with Crippen LogP contribution in [0.3, 0.4) is 0 Å². The van der Waals surface area contributed by atoms with E-state index in [1.807, 2.05) is 13.8 Å². The first kappa shape index (κ1) is 15.8. The van der Waals surface area contributed by atoms with E-state index in [0.717, 1.165) is 6.42 Å². The van der Waals surface area contributed by atoms with Gasteiger partial charge in [0.2, 0.25) is 0 Å². The molecule has 1 unspecified atom stereocenters. The summed E-state index contributed by atoms with van der Waals surface area (Å²) < 4.78 is 0. The molecule has 0 aromatic heterocycles. The van der Waals surface area contributed by atoms with Crippen LogP contribution in [0, 0.1) is 11.3 Å². The van der Waals surface area contributed by atoms with Crippen LogP contribution in [0.15, 0.2) is 0 Å². The van der Waals surface area contributed by atoms with Crippen LogP contribution in [0.25, 0.3) is 0 Å². The third kappa shape index (κ3) is 5.09. The summed E-state index contributed by atoms with van der Waals surface area (Å²) in [6.45, 7) is 11.2. The summed E-state index contributed by atoms with van der Waals surface area (Å²) >= 11 is 0. The zero-order chi connectivity index (χ0) is 14.8. The molecule has 19 heavy (non-hydrogen) atoms. The molecular formula is C14H26N2O3. The summed E-state index contributed by atoms with van der Waals surface area (Å²) in [6, 6.07) is -0.155. The average molecular weight is 270 g/mol. The lowest BCUT2D eigenvalue weighted by atomic mass is 9.82. The number of carboxylic acid groups (broad SMARTS) is 1. The normalized spacial score (nSPS) is 20.5. The largest absolute Gasteiger partial charge is 0.481 e. The van der Waals surface area contributed by atoms with Gasteiger partial charge in [-0.1, -0.05) is 20.8 Å². The number of carboxylic acids is 1. The minimum absolute atomic E-state index is 0.130. The fourth-order valence-electron chi connectivity index (χ4n) is 2.88. The lowest BCUT2D eigenvalue weighted by Gasteiger charge is -2.34. The summed E-state index contributed by atoms with van der Waals surface area (Å²) in [7, 11) is 0. The number of likely N-dealkylation sites (tertiary alicyclic amines) is 1. The van der Waals surface area contributed by atoms with Gasteiger partial charge in [-0.2, -0.15) is 0 Å². The maximum absolute atomic E-state index is 12.1. The molecule has 0 bridgehead atoms. The zero-order valence-electron chi connectivity index (χ0n) is 12.6. The molecule has 1 rings (SSSR count). The van der Waals surface area contributed by atoms with Crippen LogP contribution in [-0.2, 0) is 4.79 Å². The van der Waals surface area contributed by atoms with Gasteiger partial charge in [-0.15, -0.1) is 0 Å². The van der Waals surface area contributed by atoms with Gasteiger partial charge in [0.1, 0.15) is 0 Å². The number of urea groups is 1. The highest BCUT2D eigenvalue weighted by molar-refractivity contribution is 5.77. The van der Waals surface area contributed by atoms with E-state index >= 15 is 0 Å². The Kier molecular flexibility index (Phi) is 4.48. The second-order valence-corrected chi connectivity index (χ2v) is 7.32. The number of hydrogen-bond acceptors (Lipinski definition) is 2. The summed E-state index contributed by atoms with van der Waals surface area (Å²) in [5.74, 6) is -1.24. The Hall–Kier alpha value is -1.26. The van der Waals surface area contributed by atoms with Gasteiger partial charge in [-0.25, -0.2) is 4.79 Å². The van der Waals surface area contributed by atoms with Crippen molar-refractivity contribution in [3.8, 4) is 0 Å². The molecule has 1 aliphatic rings. The summed E-state index contributed by atoms with van der Waals surface area (Å²) in [5.41, 5.74) is -0.165. The number of hydrogen-bond donors (Lipinski definition) is 2. The van der Waals surface area contributed by atoms with Crippen LogP contribution in [0.1, 0.15) is 47.5 Å². The average Bonchev–Trinajstić information content (AvgIpc) is 2.60. The van der Waals surface area contributed by atoms with Gasteiger partial charge in [0.15, 0.2) is 0 Å². The molecule has 0 spiro atoms. The molecule has 1 aliphatic heterocycles. The van der Waals surface area contributed by atoms with Gasteiger partial charge in [0, 0.05) is 18.6 Å². The molecule has 2 amide bonds. The van der Waals surface area contributed by atoms with Crippen molar-refractivity contribution < 1.29 is 14.7 Å². The number of carbonyl (C=O) groups excluding carboxylic acids is 1. The van der Waals surface area contributed by atoms with Crippen molar-refractivity contribution >= 4 is 12.0 Å². The Balaban J connectivity index is 2.54. The van der Waals surface area contributed by atoms with E-state index in [2.05, 4.69) is 26.1 Å². The van der Waals surface area contributed by atoms with Crippen LogP contribution in [0.5, 0.6) is 0 Å². The van der Waals surface area contributed by atoms with Crippen LogP contribution in [0.4, 0.5) is 4.79 Å². The molecule has 0 aromatic carbocycles. The van der Waals surface area contributed by atoms with Crippen LogP contribution >= 0.6 is 0 Å². The number of aliphatic carboxylic acids is 1. The van der Waals surface area contributed by atoms with Crippen molar-refractivity contribution in [3.63, 3.8) is 0 Å². The minimum atomic E-state index is -0.816. The fourth-order valence-corrected chi connectivity index (χ4v) is 2.88. The Morgan fingerprint density at radius 3 is 2.26 bits per heavy atom. The van der Waals surface area contributed by atoms with Gasteiger partial charge in [-0.3, -0.25) is 4.79 Å². The molecule has 0 radical (unpaired) electrons. The van der Waals surface area contributed by atoms with Gasteiger partial charge >= 0.3 is 12.0 Å². The van der Waals surface area contributed by atoms with Gasteiger partial charge < -0.3 is 15.3 Å². The lowest BCUT2D eigenvalue weighted by Crippen LogP contribution is -2.51. The lowest BCUT2D eigenvalue weighted by molar-refractivity contribution is -0.141. The van der Waals surface area contributed by atoms with E-state index in [0.29, 0.717) is 19.5 Å². The maximum Gasteiger partial charge on any atom is 0.317 e. The van der Waals surface area contributed by atoms with Crippen LogP contribution in [-0.4, -0.2) is 40.6 Å². The maximum atomic E-state index is 12.1. The smallest absolute Gasteiger partial charge is 0.317 e. The molecule has 0 saturated carbocycles. The predicted octanol–water partition coefficient (Wildman–Crippen LogP) is 2.32. The minimum Gasteiger partial charge on any atom is -0.481 e. The molecule has 110 valence electrons. The van der Waals surface area contributed by atoms with E-state index in [9.17, 15) is 9.59 Å². The molecular weight excluding hydrogens is 244 g/mol. The number of rotatable bonds is 3. The zero-order valence-corrected chi connectivity index (χ0v) is 12.6. The topological polar surface area (TPSA) is 69.6 Å². The Bertz CT molecular complexity index is 358. The number of nitrogens with zero attached hydrogens (tertiary/aromatic N) is 1. The quantitative estimate of drug-likeness (QED) is 0.827. The van der Waals surface area contributed by atoms with E-state index in [4.69, 9.17) is 5.11 Å². The summed E-state index contributed by atoms with van der Waals surface area (Å²) in [4.78, 5) is 24.6. The number of amides is 2. The highest BCUT2D eigenvalue weighted by atomic mass is 16.4. The van der Waals surface area contributed by atoms with Crippen LogP contribution < -0.4 is 5.32 Å². The van der Waals surface area contributed by atoms with E-state index < -0.39 is 11.9 Å². The highest BCUT2D eigenvalue weighted by Gasteiger charge is 2.34. The van der Waals surface area contributed by atoms with Crippen molar-refractivity contribution in [2.75, 3.05) is 13.1 Å². The molecule has 1 fully saturated rings. The SMILES string of the molecule is CC(C)(C)CC(C)(C)NC(=O)N1CCC(C(=O)O)C1. The monoisotopic (exact) mass is 270 g/mol. The van der Waals surface area contributed by atoms with Crippen LogP contribution in [0.2, 0.25) is 0 Å². The fraction of sp³-hybridized carbons (Fsp3) is 0.857. The molecule has 1 saturated heterocycles.